The summed E-state index contributed by atoms with van der Waals surface area (Å²) in [5.41, 5.74) is 6.02. The van der Waals surface area contributed by atoms with E-state index in [0.717, 1.165) is 12.8 Å². The normalized spacial score (nSPS) is 10.7. The summed E-state index contributed by atoms with van der Waals surface area (Å²) in [6, 6.07) is 0. The molecule has 0 aliphatic rings. The van der Waals surface area contributed by atoms with Gasteiger partial charge in [0.15, 0.2) is 0 Å². The number of anilines is 1. The molecule has 0 atom stereocenters. The average Bonchev–Trinajstić information content (AvgIpc) is 2.58. The summed E-state index contributed by atoms with van der Waals surface area (Å²) in [4.78, 5) is 11.3. The lowest BCUT2D eigenvalue weighted by Crippen LogP contribution is -2.14. The third-order valence-corrected chi connectivity index (χ3v) is 2.13. The van der Waals surface area contributed by atoms with Crippen molar-refractivity contribution < 1.29 is 9.53 Å². The van der Waals surface area contributed by atoms with Gasteiger partial charge in [-0.25, -0.2) is 0 Å². The summed E-state index contributed by atoms with van der Waals surface area (Å²) >= 11 is 0. The first-order chi connectivity index (χ1) is 7.58. The molecular formula is C11H19N3O2. The molecule has 16 heavy (non-hydrogen) atoms. The average molecular weight is 225 g/mol. The molecule has 0 aliphatic heterocycles. The molecule has 1 aromatic rings. The Bertz CT molecular complexity index is 334. The van der Waals surface area contributed by atoms with E-state index in [4.69, 9.17) is 10.5 Å². The van der Waals surface area contributed by atoms with Crippen LogP contribution in [0.1, 0.15) is 26.7 Å². The standard InChI is InChI=1S/C11H19N3O2/c1-9(2)4-3-5-16-11(15)8-14-7-10(12)6-13-14/h6-7,9H,3-5,8,12H2,1-2H3. The number of ether oxygens (including phenoxy) is 1. The van der Waals surface area contributed by atoms with E-state index in [1.54, 1.807) is 6.20 Å². The van der Waals surface area contributed by atoms with Gasteiger partial charge >= 0.3 is 5.97 Å². The van der Waals surface area contributed by atoms with Gasteiger partial charge in [0.05, 0.1) is 18.5 Å². The third kappa shape index (κ3) is 4.82. The fourth-order valence-corrected chi connectivity index (χ4v) is 1.32. The molecule has 0 aromatic carbocycles. The molecule has 1 rings (SSSR count). The van der Waals surface area contributed by atoms with Gasteiger partial charge < -0.3 is 10.5 Å². The van der Waals surface area contributed by atoms with E-state index >= 15 is 0 Å². The molecule has 90 valence electrons. The predicted octanol–water partition coefficient (Wildman–Crippen LogP) is 1.44. The minimum absolute atomic E-state index is 0.124. The molecule has 1 aromatic heterocycles. The highest BCUT2D eigenvalue weighted by Crippen LogP contribution is 2.03. The lowest BCUT2D eigenvalue weighted by atomic mass is 10.1. The number of hydrogen-bond donors (Lipinski definition) is 1. The quantitative estimate of drug-likeness (QED) is 0.587. The molecule has 0 radical (unpaired) electrons. The van der Waals surface area contributed by atoms with Crippen LogP contribution in [0.3, 0.4) is 0 Å². The van der Waals surface area contributed by atoms with Crippen LogP contribution < -0.4 is 5.73 Å². The Morgan fingerprint density at radius 1 is 1.62 bits per heavy atom. The van der Waals surface area contributed by atoms with Gasteiger partial charge in [-0.2, -0.15) is 5.10 Å². The zero-order valence-electron chi connectivity index (χ0n) is 9.85. The number of carbonyl (C=O) groups excluding carboxylic acids is 1. The van der Waals surface area contributed by atoms with E-state index < -0.39 is 0 Å². The predicted molar refractivity (Wildman–Crippen MR) is 61.7 cm³/mol. The summed E-state index contributed by atoms with van der Waals surface area (Å²) in [5.74, 6) is 0.372. The molecule has 0 bridgehead atoms. The molecule has 5 heteroatoms. The van der Waals surface area contributed by atoms with E-state index in [0.29, 0.717) is 18.2 Å². The van der Waals surface area contributed by atoms with Gasteiger partial charge in [0.2, 0.25) is 0 Å². The van der Waals surface area contributed by atoms with Crippen molar-refractivity contribution in [3.63, 3.8) is 0 Å². The highest BCUT2D eigenvalue weighted by molar-refractivity contribution is 5.69. The number of nitrogens with two attached hydrogens (primary N) is 1. The van der Waals surface area contributed by atoms with E-state index in [1.807, 2.05) is 0 Å². The highest BCUT2D eigenvalue weighted by atomic mass is 16.5. The number of aromatic nitrogens is 2. The van der Waals surface area contributed by atoms with Crippen LogP contribution in [-0.2, 0) is 16.1 Å². The SMILES string of the molecule is CC(C)CCCOC(=O)Cn1cc(N)cn1. The Balaban J connectivity index is 2.16. The maximum Gasteiger partial charge on any atom is 0.327 e. The summed E-state index contributed by atoms with van der Waals surface area (Å²) in [6.45, 7) is 4.90. The van der Waals surface area contributed by atoms with Crippen molar-refractivity contribution in [3.8, 4) is 0 Å². The molecule has 0 fully saturated rings. The van der Waals surface area contributed by atoms with Crippen molar-refractivity contribution in [1.29, 1.82) is 0 Å². The highest BCUT2D eigenvalue weighted by Gasteiger charge is 2.05. The molecule has 0 spiro atoms. The second-order valence-electron chi connectivity index (χ2n) is 4.23. The molecule has 0 amide bonds. The van der Waals surface area contributed by atoms with Crippen LogP contribution in [0.2, 0.25) is 0 Å². The number of nitrogen functional groups attached to an aromatic ring is 1. The first-order valence-corrected chi connectivity index (χ1v) is 5.51. The van der Waals surface area contributed by atoms with Gasteiger partial charge in [-0.15, -0.1) is 0 Å². The zero-order valence-corrected chi connectivity index (χ0v) is 9.85. The topological polar surface area (TPSA) is 70.1 Å². The van der Waals surface area contributed by atoms with Gasteiger partial charge in [-0.1, -0.05) is 13.8 Å². The van der Waals surface area contributed by atoms with E-state index in [2.05, 4.69) is 18.9 Å². The molecule has 0 aliphatic carbocycles. The van der Waals surface area contributed by atoms with Crippen molar-refractivity contribution in [2.75, 3.05) is 12.3 Å². The second kappa shape index (κ2) is 6.15. The van der Waals surface area contributed by atoms with Gasteiger partial charge in [0.25, 0.3) is 0 Å². The van der Waals surface area contributed by atoms with Crippen molar-refractivity contribution in [2.24, 2.45) is 5.92 Å². The summed E-state index contributed by atoms with van der Waals surface area (Å²) < 4.78 is 6.54. The summed E-state index contributed by atoms with van der Waals surface area (Å²) in [6.07, 6.45) is 5.09. The third-order valence-electron chi connectivity index (χ3n) is 2.13. The zero-order chi connectivity index (χ0) is 12.0. The molecule has 0 saturated heterocycles. The summed E-state index contributed by atoms with van der Waals surface area (Å²) in [5, 5.41) is 3.90. The largest absolute Gasteiger partial charge is 0.464 e. The fraction of sp³-hybridized carbons (Fsp3) is 0.636. The number of hydrogen-bond acceptors (Lipinski definition) is 4. The molecule has 5 nitrogen and oxygen atoms in total. The van der Waals surface area contributed by atoms with Crippen LogP contribution >= 0.6 is 0 Å². The van der Waals surface area contributed by atoms with Gasteiger partial charge in [0.1, 0.15) is 6.54 Å². The van der Waals surface area contributed by atoms with Crippen LogP contribution in [0.25, 0.3) is 0 Å². The van der Waals surface area contributed by atoms with Crippen LogP contribution in [-0.4, -0.2) is 22.4 Å². The Morgan fingerprint density at radius 3 is 2.94 bits per heavy atom. The first kappa shape index (κ1) is 12.5. The van der Waals surface area contributed by atoms with Crippen molar-refractivity contribution in [1.82, 2.24) is 9.78 Å². The molecular weight excluding hydrogens is 206 g/mol. The molecule has 1 heterocycles. The minimum atomic E-state index is -0.271. The molecule has 0 saturated carbocycles. The second-order valence-corrected chi connectivity index (χ2v) is 4.23. The maximum atomic E-state index is 11.3. The Hall–Kier alpha value is -1.52. The van der Waals surface area contributed by atoms with Gasteiger partial charge in [-0.05, 0) is 18.8 Å². The van der Waals surface area contributed by atoms with E-state index in [9.17, 15) is 4.79 Å². The van der Waals surface area contributed by atoms with Crippen molar-refractivity contribution in [2.45, 2.75) is 33.2 Å². The Kier molecular flexibility index (Phi) is 4.82. The van der Waals surface area contributed by atoms with E-state index in [-0.39, 0.29) is 12.5 Å². The summed E-state index contributed by atoms with van der Waals surface area (Å²) in [7, 11) is 0. The Labute approximate surface area is 95.6 Å². The Morgan fingerprint density at radius 2 is 2.38 bits per heavy atom. The van der Waals surface area contributed by atoms with Crippen molar-refractivity contribution >= 4 is 11.7 Å². The molecule has 2 N–H and O–H groups in total. The smallest absolute Gasteiger partial charge is 0.327 e. The molecule has 0 unspecified atom stereocenters. The van der Waals surface area contributed by atoms with Crippen LogP contribution in [0.5, 0.6) is 0 Å². The van der Waals surface area contributed by atoms with Crippen molar-refractivity contribution in [3.05, 3.63) is 12.4 Å². The number of rotatable bonds is 6. The first-order valence-electron chi connectivity index (χ1n) is 5.51. The number of carbonyl (C=O) groups is 1. The fourth-order valence-electron chi connectivity index (χ4n) is 1.32. The monoisotopic (exact) mass is 225 g/mol. The number of esters is 1. The van der Waals surface area contributed by atoms with Crippen LogP contribution in [0, 0.1) is 5.92 Å². The van der Waals surface area contributed by atoms with Gasteiger partial charge in [0, 0.05) is 6.20 Å². The lowest BCUT2D eigenvalue weighted by molar-refractivity contribution is -0.144. The van der Waals surface area contributed by atoms with Gasteiger partial charge in [-0.3, -0.25) is 9.48 Å². The maximum absolute atomic E-state index is 11.3. The minimum Gasteiger partial charge on any atom is -0.464 e. The van der Waals surface area contributed by atoms with Crippen LogP contribution in [0.15, 0.2) is 12.4 Å². The number of nitrogens with zero attached hydrogens (tertiary/aromatic N) is 2. The van der Waals surface area contributed by atoms with Crippen LogP contribution in [0.4, 0.5) is 5.69 Å². The lowest BCUT2D eigenvalue weighted by Gasteiger charge is -2.06. The van der Waals surface area contributed by atoms with E-state index in [1.165, 1.54) is 10.9 Å².